The van der Waals surface area contributed by atoms with Crippen molar-refractivity contribution in [3.8, 4) is 33.6 Å². The van der Waals surface area contributed by atoms with Crippen molar-refractivity contribution in [2.45, 2.75) is 32.1 Å². The van der Waals surface area contributed by atoms with Gasteiger partial charge in [-0.2, -0.15) is 0 Å². The van der Waals surface area contributed by atoms with Crippen LogP contribution in [0.5, 0.6) is 0 Å². The molecule has 0 saturated heterocycles. The molecule has 0 bridgehead atoms. The summed E-state index contributed by atoms with van der Waals surface area (Å²) in [6, 6.07) is 53.8. The second-order valence-corrected chi connectivity index (χ2v) is 15.8. The summed E-state index contributed by atoms with van der Waals surface area (Å²) < 4.78 is 2.36. The van der Waals surface area contributed by atoms with Crippen LogP contribution >= 0.6 is 7.92 Å². The monoisotopic (exact) mass is 648 g/mol. The molecule has 0 aliphatic heterocycles. The highest BCUT2D eigenvalue weighted by atomic mass is 31.1. The molecule has 6 aromatic carbocycles. The van der Waals surface area contributed by atoms with Crippen molar-refractivity contribution in [1.29, 1.82) is 0 Å². The maximum atomic E-state index is 5.17. The first-order valence-electron chi connectivity index (χ1n) is 17.2. The lowest BCUT2D eigenvalue weighted by Crippen LogP contribution is -2.23. The van der Waals surface area contributed by atoms with Crippen LogP contribution in [0.1, 0.15) is 37.8 Å². The van der Waals surface area contributed by atoms with Crippen LogP contribution in [0.25, 0.3) is 50.4 Å². The summed E-state index contributed by atoms with van der Waals surface area (Å²) in [6.45, 7) is 4.74. The summed E-state index contributed by atoms with van der Waals surface area (Å²) in [5, 5.41) is 4.06. The van der Waals surface area contributed by atoms with Gasteiger partial charge < -0.3 is 0 Å². The lowest BCUT2D eigenvalue weighted by Gasteiger charge is -2.25. The standard InChI is InChI=1S/C46H37N2P/c1-46(2)41-18-10-9-17-39(41)40-30-29-38(31-42(40)46)49(36-25-21-33(22-26-36)32-13-5-3-6-14-32)37-27-23-34(24-28-37)45-47-43-19-11-12-20-44(43)48(45)35-15-7-4-8-16-35/h3-7,9-15,17-31H,8,16H2,1-2H3. The highest BCUT2D eigenvalue weighted by Gasteiger charge is 2.36. The number of allylic oxidation sites excluding steroid dienone is 4. The minimum atomic E-state index is -0.820. The zero-order valence-corrected chi connectivity index (χ0v) is 28.7. The Kier molecular flexibility index (Phi) is 7.29. The minimum absolute atomic E-state index is 0.0496. The Morgan fingerprint density at radius 2 is 1.22 bits per heavy atom. The molecule has 7 aromatic rings. The highest BCUT2D eigenvalue weighted by Crippen LogP contribution is 2.49. The van der Waals surface area contributed by atoms with Crippen LogP contribution in [-0.4, -0.2) is 9.55 Å². The van der Waals surface area contributed by atoms with E-state index >= 15 is 0 Å². The number of nitrogens with zero attached hydrogens (tertiary/aromatic N) is 2. The fourth-order valence-corrected chi connectivity index (χ4v) is 10.0. The number of rotatable bonds is 6. The van der Waals surface area contributed by atoms with Gasteiger partial charge in [0.1, 0.15) is 5.82 Å². The molecule has 0 radical (unpaired) electrons. The summed E-state index contributed by atoms with van der Waals surface area (Å²) in [6.07, 6.45) is 8.71. The Balaban J connectivity index is 1.16. The molecular formula is C46H37N2P. The Labute approximate surface area is 289 Å². The molecule has 0 spiro atoms. The van der Waals surface area contributed by atoms with E-state index in [-0.39, 0.29) is 5.41 Å². The minimum Gasteiger partial charge on any atom is -0.296 e. The molecule has 9 rings (SSSR count). The van der Waals surface area contributed by atoms with Crippen LogP contribution in [-0.2, 0) is 5.41 Å². The molecule has 2 nitrogen and oxygen atoms in total. The first kappa shape index (κ1) is 29.8. The molecule has 2 aliphatic rings. The Bertz CT molecular complexity index is 2390. The molecule has 1 aromatic heterocycles. The Morgan fingerprint density at radius 1 is 0.592 bits per heavy atom. The van der Waals surface area contributed by atoms with Gasteiger partial charge in [0.05, 0.1) is 11.0 Å². The third-order valence-corrected chi connectivity index (χ3v) is 12.7. The van der Waals surface area contributed by atoms with Gasteiger partial charge in [-0.25, -0.2) is 4.98 Å². The molecule has 1 unspecified atom stereocenters. The third-order valence-electron chi connectivity index (χ3n) is 10.3. The topological polar surface area (TPSA) is 17.8 Å². The zero-order chi connectivity index (χ0) is 33.0. The van der Waals surface area contributed by atoms with Gasteiger partial charge in [-0.1, -0.05) is 153 Å². The van der Waals surface area contributed by atoms with Gasteiger partial charge in [-0.15, -0.1) is 0 Å². The van der Waals surface area contributed by atoms with Crippen molar-refractivity contribution in [2.24, 2.45) is 0 Å². The maximum absolute atomic E-state index is 5.17. The van der Waals surface area contributed by atoms with Crippen LogP contribution in [0.2, 0.25) is 0 Å². The van der Waals surface area contributed by atoms with Crippen molar-refractivity contribution in [3.05, 3.63) is 175 Å². The Hall–Kier alpha value is -5.30. The van der Waals surface area contributed by atoms with E-state index in [4.69, 9.17) is 4.98 Å². The number of benzene rings is 6. The molecular weight excluding hydrogens is 611 g/mol. The van der Waals surface area contributed by atoms with Crippen molar-refractivity contribution in [3.63, 3.8) is 0 Å². The van der Waals surface area contributed by atoms with Gasteiger partial charge in [0.2, 0.25) is 0 Å². The Morgan fingerprint density at radius 3 is 1.98 bits per heavy atom. The summed E-state index contributed by atoms with van der Waals surface area (Å²) >= 11 is 0. The van der Waals surface area contributed by atoms with E-state index in [0.29, 0.717) is 0 Å². The van der Waals surface area contributed by atoms with Crippen LogP contribution in [0.15, 0.2) is 164 Å². The summed E-state index contributed by atoms with van der Waals surface area (Å²) in [4.78, 5) is 5.17. The fourth-order valence-electron chi connectivity index (χ4n) is 7.76. The molecule has 2 aliphatic carbocycles. The van der Waals surface area contributed by atoms with E-state index in [9.17, 15) is 0 Å². The van der Waals surface area contributed by atoms with Gasteiger partial charge in [-0.05, 0) is 94.3 Å². The fraction of sp³-hybridized carbons (Fsp3) is 0.109. The highest BCUT2D eigenvalue weighted by molar-refractivity contribution is 7.79. The molecule has 0 N–H and O–H groups in total. The summed E-state index contributed by atoms with van der Waals surface area (Å²) in [5.74, 6) is 1.00. The van der Waals surface area contributed by atoms with Gasteiger partial charge in [0, 0.05) is 16.7 Å². The van der Waals surface area contributed by atoms with Gasteiger partial charge in [-0.3, -0.25) is 4.57 Å². The van der Waals surface area contributed by atoms with Crippen LogP contribution < -0.4 is 15.9 Å². The number of hydrogen-bond acceptors (Lipinski definition) is 1. The van der Waals surface area contributed by atoms with Crippen LogP contribution in [0.4, 0.5) is 0 Å². The average molecular weight is 649 g/mol. The summed E-state index contributed by atoms with van der Waals surface area (Å²) in [5.41, 5.74) is 12.6. The maximum Gasteiger partial charge on any atom is 0.145 e. The van der Waals surface area contributed by atoms with Gasteiger partial charge in [0.15, 0.2) is 0 Å². The first-order valence-corrected chi connectivity index (χ1v) is 18.5. The van der Waals surface area contributed by atoms with Crippen LogP contribution in [0, 0.1) is 0 Å². The van der Waals surface area contributed by atoms with Crippen molar-refractivity contribution < 1.29 is 0 Å². The van der Waals surface area contributed by atoms with E-state index < -0.39 is 7.92 Å². The molecule has 0 fully saturated rings. The normalized spacial score (nSPS) is 15.1. The van der Waals surface area contributed by atoms with E-state index in [1.54, 1.807) is 0 Å². The SMILES string of the molecule is CC1(C)c2ccccc2-c2ccc(P(c3ccc(-c4ccccc4)cc3)c3ccc(-c4nc5ccccc5n4C4=CC=CCC4)cc3)cc21. The molecule has 0 amide bonds. The van der Waals surface area contributed by atoms with E-state index in [0.717, 1.165) is 35.3 Å². The van der Waals surface area contributed by atoms with Crippen molar-refractivity contribution >= 4 is 40.6 Å². The second-order valence-electron chi connectivity index (χ2n) is 13.6. The van der Waals surface area contributed by atoms with E-state index in [1.165, 1.54) is 55.0 Å². The average Bonchev–Trinajstić information content (AvgIpc) is 3.66. The molecule has 49 heavy (non-hydrogen) atoms. The lowest BCUT2D eigenvalue weighted by atomic mass is 9.82. The third kappa shape index (κ3) is 5.11. The summed E-state index contributed by atoms with van der Waals surface area (Å²) in [7, 11) is -0.820. The van der Waals surface area contributed by atoms with Gasteiger partial charge >= 0.3 is 0 Å². The first-order chi connectivity index (χ1) is 24.1. The predicted octanol–water partition coefficient (Wildman–Crippen LogP) is 10.6. The van der Waals surface area contributed by atoms with Crippen molar-refractivity contribution in [1.82, 2.24) is 9.55 Å². The zero-order valence-electron chi connectivity index (χ0n) is 27.8. The lowest BCUT2D eigenvalue weighted by molar-refractivity contribution is 0.661. The smallest absolute Gasteiger partial charge is 0.145 e. The number of imidazole rings is 1. The molecule has 3 heteroatoms. The molecule has 1 heterocycles. The van der Waals surface area contributed by atoms with Crippen LogP contribution in [0.3, 0.4) is 0 Å². The van der Waals surface area contributed by atoms with E-state index in [2.05, 4.69) is 182 Å². The number of hydrogen-bond donors (Lipinski definition) is 0. The predicted molar refractivity (Wildman–Crippen MR) is 210 cm³/mol. The molecule has 236 valence electrons. The van der Waals surface area contributed by atoms with E-state index in [1.807, 2.05) is 0 Å². The second kappa shape index (κ2) is 12.0. The number of para-hydroxylation sites is 2. The molecule has 0 saturated carbocycles. The number of aromatic nitrogens is 2. The van der Waals surface area contributed by atoms with Gasteiger partial charge in [0.25, 0.3) is 0 Å². The molecule has 1 atom stereocenters. The largest absolute Gasteiger partial charge is 0.296 e. The number of fused-ring (bicyclic) bond motifs is 4. The van der Waals surface area contributed by atoms with Crippen molar-refractivity contribution in [2.75, 3.05) is 0 Å². The quantitative estimate of drug-likeness (QED) is 0.164.